The van der Waals surface area contributed by atoms with Crippen LogP contribution in [0.4, 0.5) is 0 Å². The number of carbonyl (C=O) groups is 1. The third-order valence-electron chi connectivity index (χ3n) is 2.14. The summed E-state index contributed by atoms with van der Waals surface area (Å²) in [7, 11) is 0. The lowest BCUT2D eigenvalue weighted by Crippen LogP contribution is -1.96. The van der Waals surface area contributed by atoms with Crippen molar-refractivity contribution < 1.29 is 4.79 Å². The molecule has 0 saturated heterocycles. The number of rotatable bonds is 5. The van der Waals surface area contributed by atoms with Crippen LogP contribution < -0.4 is 0 Å². The van der Waals surface area contributed by atoms with E-state index in [4.69, 9.17) is 0 Å². The maximum Gasteiger partial charge on any atom is 0.166 e. The molecule has 0 radical (unpaired) electrons. The molecular formula is C13H16O. The second-order valence-electron chi connectivity index (χ2n) is 3.36. The van der Waals surface area contributed by atoms with Gasteiger partial charge >= 0.3 is 0 Å². The Hall–Kier alpha value is -1.37. The Bertz CT molecular complexity index is 309. The van der Waals surface area contributed by atoms with E-state index in [1.165, 1.54) is 5.56 Å². The number of aryl methyl sites for hydroxylation is 1. The van der Waals surface area contributed by atoms with Gasteiger partial charge < -0.3 is 0 Å². The molecular weight excluding hydrogens is 172 g/mol. The highest BCUT2D eigenvalue weighted by molar-refractivity contribution is 5.96. The highest BCUT2D eigenvalue weighted by Crippen LogP contribution is 2.08. The molecule has 0 spiro atoms. The van der Waals surface area contributed by atoms with Crippen molar-refractivity contribution in [1.82, 2.24) is 0 Å². The number of Topliss-reactive ketones (excluding diaryl/α,β-unsaturated/α-hetero) is 1. The molecule has 14 heavy (non-hydrogen) atoms. The van der Waals surface area contributed by atoms with E-state index in [2.05, 4.69) is 13.5 Å². The van der Waals surface area contributed by atoms with Gasteiger partial charge in [-0.1, -0.05) is 43.7 Å². The molecule has 74 valence electrons. The van der Waals surface area contributed by atoms with Gasteiger partial charge in [0, 0.05) is 12.0 Å². The number of carbonyl (C=O) groups excluding carboxylic acids is 1. The van der Waals surface area contributed by atoms with E-state index in [-0.39, 0.29) is 5.78 Å². The summed E-state index contributed by atoms with van der Waals surface area (Å²) >= 11 is 0. The van der Waals surface area contributed by atoms with E-state index in [1.807, 2.05) is 24.3 Å². The number of hydrogen-bond donors (Lipinski definition) is 0. The fraction of sp³-hybridized carbons (Fsp3) is 0.308. The first-order valence-corrected chi connectivity index (χ1v) is 5.01. The molecule has 0 saturated carbocycles. The Labute approximate surface area is 85.5 Å². The van der Waals surface area contributed by atoms with Gasteiger partial charge in [-0.05, 0) is 12.0 Å². The second-order valence-corrected chi connectivity index (χ2v) is 3.36. The van der Waals surface area contributed by atoms with Crippen molar-refractivity contribution in [1.29, 1.82) is 0 Å². The number of allylic oxidation sites excluding steroid dienone is 1. The molecule has 0 fully saturated rings. The Balaban J connectivity index is 2.72. The molecule has 0 N–H and O–H groups in total. The minimum atomic E-state index is 0.142. The van der Waals surface area contributed by atoms with E-state index >= 15 is 0 Å². The SMILES string of the molecule is C=CCC(=O)c1ccc(CCC)cc1. The summed E-state index contributed by atoms with van der Waals surface area (Å²) in [5.41, 5.74) is 2.08. The molecule has 0 aliphatic heterocycles. The smallest absolute Gasteiger partial charge is 0.166 e. The summed E-state index contributed by atoms with van der Waals surface area (Å²) in [6.07, 6.45) is 4.28. The summed E-state index contributed by atoms with van der Waals surface area (Å²) in [5.74, 6) is 0.142. The van der Waals surface area contributed by atoms with Gasteiger partial charge in [-0.2, -0.15) is 0 Å². The van der Waals surface area contributed by atoms with E-state index in [9.17, 15) is 4.79 Å². The zero-order valence-electron chi connectivity index (χ0n) is 8.62. The van der Waals surface area contributed by atoms with Gasteiger partial charge in [-0.25, -0.2) is 0 Å². The standard InChI is InChI=1S/C13H16O/c1-3-5-11-7-9-12(10-8-11)13(14)6-4-2/h4,7-10H,2-3,5-6H2,1H3. The molecule has 0 aliphatic rings. The maximum atomic E-state index is 11.4. The molecule has 1 aromatic rings. The van der Waals surface area contributed by atoms with Crippen molar-refractivity contribution in [3.8, 4) is 0 Å². The van der Waals surface area contributed by atoms with Crippen molar-refractivity contribution in [2.24, 2.45) is 0 Å². The van der Waals surface area contributed by atoms with Gasteiger partial charge in [-0.3, -0.25) is 4.79 Å². The monoisotopic (exact) mass is 188 g/mol. The third-order valence-corrected chi connectivity index (χ3v) is 2.14. The third kappa shape index (κ3) is 2.84. The fourth-order valence-electron chi connectivity index (χ4n) is 1.39. The predicted molar refractivity (Wildman–Crippen MR) is 59.6 cm³/mol. The summed E-state index contributed by atoms with van der Waals surface area (Å²) in [6, 6.07) is 7.85. The van der Waals surface area contributed by atoms with Gasteiger partial charge in [0.05, 0.1) is 0 Å². The molecule has 1 nitrogen and oxygen atoms in total. The molecule has 1 heteroatoms. The Kier molecular flexibility index (Phi) is 4.11. The predicted octanol–water partition coefficient (Wildman–Crippen LogP) is 3.40. The lowest BCUT2D eigenvalue weighted by molar-refractivity contribution is 0.0996. The van der Waals surface area contributed by atoms with E-state index in [0.717, 1.165) is 18.4 Å². The highest BCUT2D eigenvalue weighted by atomic mass is 16.1. The zero-order chi connectivity index (χ0) is 10.4. The molecule has 0 bridgehead atoms. The molecule has 0 unspecified atom stereocenters. The molecule has 0 atom stereocenters. The Morgan fingerprint density at radius 1 is 1.36 bits per heavy atom. The average Bonchev–Trinajstić information content (AvgIpc) is 2.20. The van der Waals surface area contributed by atoms with E-state index < -0.39 is 0 Å². The van der Waals surface area contributed by atoms with Crippen molar-refractivity contribution in [3.63, 3.8) is 0 Å². The van der Waals surface area contributed by atoms with Crippen LogP contribution in [-0.2, 0) is 6.42 Å². The topological polar surface area (TPSA) is 17.1 Å². The van der Waals surface area contributed by atoms with Crippen molar-refractivity contribution in [2.75, 3.05) is 0 Å². The van der Waals surface area contributed by atoms with E-state index in [1.54, 1.807) is 6.08 Å². The van der Waals surface area contributed by atoms with Crippen LogP contribution in [0.25, 0.3) is 0 Å². The van der Waals surface area contributed by atoms with Gasteiger partial charge in [-0.15, -0.1) is 6.58 Å². The van der Waals surface area contributed by atoms with Gasteiger partial charge in [0.1, 0.15) is 0 Å². The summed E-state index contributed by atoms with van der Waals surface area (Å²) in [6.45, 7) is 5.70. The van der Waals surface area contributed by atoms with Gasteiger partial charge in [0.25, 0.3) is 0 Å². The molecule has 1 aromatic carbocycles. The van der Waals surface area contributed by atoms with Crippen LogP contribution in [0.2, 0.25) is 0 Å². The van der Waals surface area contributed by atoms with Crippen LogP contribution >= 0.6 is 0 Å². The van der Waals surface area contributed by atoms with Crippen LogP contribution in [0.1, 0.15) is 35.7 Å². The van der Waals surface area contributed by atoms with Crippen molar-refractivity contribution >= 4 is 5.78 Å². The minimum Gasteiger partial charge on any atom is -0.294 e. The highest BCUT2D eigenvalue weighted by Gasteiger charge is 2.02. The van der Waals surface area contributed by atoms with Crippen LogP contribution in [0.5, 0.6) is 0 Å². The normalized spacial score (nSPS) is 9.79. The number of benzene rings is 1. The molecule has 1 rings (SSSR count). The van der Waals surface area contributed by atoms with Crippen molar-refractivity contribution in [2.45, 2.75) is 26.2 Å². The number of ketones is 1. The first kappa shape index (κ1) is 10.7. The first-order valence-electron chi connectivity index (χ1n) is 5.01. The lowest BCUT2D eigenvalue weighted by Gasteiger charge is -2.00. The minimum absolute atomic E-state index is 0.142. The van der Waals surface area contributed by atoms with E-state index in [0.29, 0.717) is 6.42 Å². The lowest BCUT2D eigenvalue weighted by atomic mass is 10.0. The van der Waals surface area contributed by atoms with Crippen molar-refractivity contribution in [3.05, 3.63) is 48.0 Å². The largest absolute Gasteiger partial charge is 0.294 e. The summed E-state index contributed by atoms with van der Waals surface area (Å²) < 4.78 is 0. The second kappa shape index (κ2) is 5.38. The Morgan fingerprint density at radius 3 is 2.50 bits per heavy atom. The first-order chi connectivity index (χ1) is 6.77. The van der Waals surface area contributed by atoms with Crippen LogP contribution in [0, 0.1) is 0 Å². The van der Waals surface area contributed by atoms with Crippen LogP contribution in [0.3, 0.4) is 0 Å². The summed E-state index contributed by atoms with van der Waals surface area (Å²) in [4.78, 5) is 11.4. The molecule has 0 heterocycles. The average molecular weight is 188 g/mol. The fourth-order valence-corrected chi connectivity index (χ4v) is 1.39. The van der Waals surface area contributed by atoms with Gasteiger partial charge in [0.15, 0.2) is 5.78 Å². The molecule has 0 aromatic heterocycles. The maximum absolute atomic E-state index is 11.4. The van der Waals surface area contributed by atoms with Crippen LogP contribution in [-0.4, -0.2) is 5.78 Å². The summed E-state index contributed by atoms with van der Waals surface area (Å²) in [5, 5.41) is 0. The molecule has 0 amide bonds. The van der Waals surface area contributed by atoms with Gasteiger partial charge in [0.2, 0.25) is 0 Å². The number of hydrogen-bond acceptors (Lipinski definition) is 1. The Morgan fingerprint density at radius 2 is 2.00 bits per heavy atom. The molecule has 0 aliphatic carbocycles. The zero-order valence-corrected chi connectivity index (χ0v) is 8.62. The van der Waals surface area contributed by atoms with Crippen LogP contribution in [0.15, 0.2) is 36.9 Å². The quantitative estimate of drug-likeness (QED) is 0.511.